The number of fused-ring (bicyclic) bond motifs is 1. The molecule has 9 heteroatoms. The van der Waals surface area contributed by atoms with E-state index in [1.54, 1.807) is 6.92 Å². The fraction of sp³-hybridized carbons (Fsp3) is 0.556. The Kier molecular flexibility index (Phi) is 5.90. The molecule has 1 aliphatic heterocycles. The number of H-pyrrole nitrogens is 2. The number of aromatic nitrogens is 4. The number of hydrogen-bond acceptors (Lipinski definition) is 5. The van der Waals surface area contributed by atoms with Gasteiger partial charge in [0.2, 0.25) is 5.91 Å². The Morgan fingerprint density at radius 1 is 1.30 bits per heavy atom. The van der Waals surface area contributed by atoms with Crippen molar-refractivity contribution in [1.29, 1.82) is 0 Å². The van der Waals surface area contributed by atoms with E-state index in [2.05, 4.69) is 32.2 Å². The Morgan fingerprint density at radius 2 is 2.11 bits per heavy atom. The van der Waals surface area contributed by atoms with Gasteiger partial charge in [-0.25, -0.2) is 4.79 Å². The lowest BCUT2D eigenvalue weighted by molar-refractivity contribution is -0.120. The molecule has 0 atom stereocenters. The third-order valence-electron chi connectivity index (χ3n) is 4.81. The van der Waals surface area contributed by atoms with Crippen molar-refractivity contribution in [3.63, 3.8) is 0 Å². The van der Waals surface area contributed by atoms with Crippen LogP contribution in [0.4, 0.5) is 0 Å². The molecule has 0 radical (unpaired) electrons. The summed E-state index contributed by atoms with van der Waals surface area (Å²) < 4.78 is 2.00. The second-order valence-corrected chi connectivity index (χ2v) is 6.95. The summed E-state index contributed by atoms with van der Waals surface area (Å²) in [6.45, 7) is 7.94. The Hall–Kier alpha value is -2.68. The zero-order valence-electron chi connectivity index (χ0n) is 15.8. The van der Waals surface area contributed by atoms with Gasteiger partial charge in [0, 0.05) is 24.3 Å². The molecule has 9 nitrogen and oxygen atoms in total. The summed E-state index contributed by atoms with van der Waals surface area (Å²) in [4.78, 5) is 42.3. The predicted octanol–water partition coefficient (Wildman–Crippen LogP) is 0.0427. The molecule has 2 aromatic heterocycles. The molecule has 3 heterocycles. The number of hydrogen-bond donors (Lipinski definition) is 3. The lowest BCUT2D eigenvalue weighted by atomic mass is 10.1. The molecular formula is C18H26N6O3. The first-order chi connectivity index (χ1) is 13.0. The van der Waals surface area contributed by atoms with Crippen LogP contribution >= 0.6 is 0 Å². The summed E-state index contributed by atoms with van der Waals surface area (Å²) in [6, 6.07) is 2.02. The highest BCUT2D eigenvalue weighted by Gasteiger charge is 2.18. The number of carbonyl (C=O) groups excluding carboxylic acids is 1. The maximum atomic E-state index is 12.2. The first-order valence-corrected chi connectivity index (χ1v) is 9.33. The van der Waals surface area contributed by atoms with E-state index in [4.69, 9.17) is 0 Å². The van der Waals surface area contributed by atoms with E-state index < -0.39 is 11.2 Å². The van der Waals surface area contributed by atoms with Crippen LogP contribution in [0.3, 0.4) is 0 Å². The third kappa shape index (κ3) is 4.73. The van der Waals surface area contributed by atoms with Gasteiger partial charge in [-0.1, -0.05) is 13.3 Å². The van der Waals surface area contributed by atoms with Crippen LogP contribution in [0, 0.1) is 6.92 Å². The minimum atomic E-state index is -0.571. The van der Waals surface area contributed by atoms with Crippen LogP contribution in [0.2, 0.25) is 0 Å². The summed E-state index contributed by atoms with van der Waals surface area (Å²) >= 11 is 0. The molecule has 3 N–H and O–H groups in total. The first-order valence-electron chi connectivity index (χ1n) is 9.33. The number of carbonyl (C=O) groups is 1. The van der Waals surface area contributed by atoms with Crippen molar-refractivity contribution < 1.29 is 4.79 Å². The molecule has 146 valence electrons. The summed E-state index contributed by atoms with van der Waals surface area (Å²) in [5, 5.41) is 7.35. The largest absolute Gasteiger partial charge is 0.350 e. The Morgan fingerprint density at radius 3 is 2.85 bits per heavy atom. The van der Waals surface area contributed by atoms with Gasteiger partial charge in [0.15, 0.2) is 0 Å². The van der Waals surface area contributed by atoms with Crippen LogP contribution in [0.5, 0.6) is 0 Å². The fourth-order valence-electron chi connectivity index (χ4n) is 3.29. The minimum absolute atomic E-state index is 0.0870. The fourth-order valence-corrected chi connectivity index (χ4v) is 3.29. The third-order valence-corrected chi connectivity index (χ3v) is 4.81. The van der Waals surface area contributed by atoms with Gasteiger partial charge in [-0.15, -0.1) is 0 Å². The van der Waals surface area contributed by atoms with Gasteiger partial charge in [0.05, 0.1) is 30.9 Å². The van der Waals surface area contributed by atoms with E-state index in [0.29, 0.717) is 12.2 Å². The van der Waals surface area contributed by atoms with Crippen molar-refractivity contribution in [2.24, 2.45) is 0 Å². The zero-order chi connectivity index (χ0) is 19.4. The molecule has 0 saturated heterocycles. The number of amides is 1. The van der Waals surface area contributed by atoms with Gasteiger partial charge in [-0.2, -0.15) is 5.10 Å². The Labute approximate surface area is 156 Å². The van der Waals surface area contributed by atoms with E-state index in [9.17, 15) is 14.4 Å². The van der Waals surface area contributed by atoms with Gasteiger partial charge in [0.25, 0.3) is 5.56 Å². The first kappa shape index (κ1) is 19.1. The van der Waals surface area contributed by atoms with Gasteiger partial charge in [-0.05, 0) is 26.0 Å². The molecular weight excluding hydrogens is 348 g/mol. The number of rotatable bonds is 7. The Balaban J connectivity index is 1.57. The van der Waals surface area contributed by atoms with E-state index in [1.165, 1.54) is 12.8 Å². The standard InChI is InChI=1S/C18H26N6O3/c1-3-4-5-23-6-7-24-14(11-23)8-13(22-24)10-19-16(25)9-15-12(2)20-18(27)21-17(15)26/h8H,3-7,9-11H2,1-2H3,(H,19,25)(H2,20,21,26,27). The summed E-state index contributed by atoms with van der Waals surface area (Å²) in [6.07, 6.45) is 2.29. The zero-order valence-corrected chi connectivity index (χ0v) is 15.8. The quantitative estimate of drug-likeness (QED) is 0.633. The predicted molar refractivity (Wildman–Crippen MR) is 100 cm³/mol. The molecule has 0 aliphatic carbocycles. The molecule has 0 fully saturated rings. The summed E-state index contributed by atoms with van der Waals surface area (Å²) in [7, 11) is 0. The molecule has 2 aromatic rings. The highest BCUT2D eigenvalue weighted by atomic mass is 16.2. The van der Waals surface area contributed by atoms with Gasteiger partial charge < -0.3 is 10.3 Å². The minimum Gasteiger partial charge on any atom is -0.350 e. The topological polar surface area (TPSA) is 116 Å². The van der Waals surface area contributed by atoms with Gasteiger partial charge in [0.1, 0.15) is 0 Å². The van der Waals surface area contributed by atoms with E-state index >= 15 is 0 Å². The molecule has 0 aromatic carbocycles. The molecule has 27 heavy (non-hydrogen) atoms. The average molecular weight is 374 g/mol. The van der Waals surface area contributed by atoms with E-state index in [0.717, 1.165) is 37.6 Å². The maximum Gasteiger partial charge on any atom is 0.325 e. The van der Waals surface area contributed by atoms with Gasteiger partial charge in [-0.3, -0.25) is 24.2 Å². The van der Waals surface area contributed by atoms with Gasteiger partial charge >= 0.3 is 5.69 Å². The van der Waals surface area contributed by atoms with Crippen LogP contribution in [0.25, 0.3) is 0 Å². The van der Waals surface area contributed by atoms with Crippen molar-refractivity contribution in [3.05, 3.63) is 49.5 Å². The van der Waals surface area contributed by atoms with Crippen LogP contribution < -0.4 is 16.6 Å². The number of nitrogens with one attached hydrogen (secondary N) is 3. The molecule has 0 spiro atoms. The number of aryl methyl sites for hydroxylation is 1. The van der Waals surface area contributed by atoms with Crippen molar-refractivity contribution >= 4 is 5.91 Å². The van der Waals surface area contributed by atoms with Crippen LogP contribution in [0.15, 0.2) is 15.7 Å². The second kappa shape index (κ2) is 8.34. The van der Waals surface area contributed by atoms with E-state index in [1.807, 2.05) is 10.7 Å². The SMILES string of the molecule is CCCCN1CCn2nc(CNC(=O)Cc3c(C)[nH]c(=O)[nH]c3=O)cc2C1. The lowest BCUT2D eigenvalue weighted by Gasteiger charge is -2.27. The Bertz CT molecular complexity index is 926. The molecule has 0 unspecified atom stereocenters. The molecule has 1 aliphatic rings. The molecule has 1 amide bonds. The maximum absolute atomic E-state index is 12.2. The molecule has 0 bridgehead atoms. The van der Waals surface area contributed by atoms with Crippen molar-refractivity contribution in [2.75, 3.05) is 13.1 Å². The second-order valence-electron chi connectivity index (χ2n) is 6.95. The normalized spacial score (nSPS) is 14.1. The highest BCUT2D eigenvalue weighted by Crippen LogP contribution is 2.14. The average Bonchev–Trinajstić information content (AvgIpc) is 3.03. The molecule has 0 saturated carbocycles. The van der Waals surface area contributed by atoms with Crippen molar-refractivity contribution in [1.82, 2.24) is 30.0 Å². The summed E-state index contributed by atoms with van der Waals surface area (Å²) in [5.74, 6) is -0.286. The smallest absolute Gasteiger partial charge is 0.325 e. The van der Waals surface area contributed by atoms with E-state index in [-0.39, 0.29) is 17.9 Å². The summed E-state index contributed by atoms with van der Waals surface area (Å²) in [5.41, 5.74) is 1.54. The van der Waals surface area contributed by atoms with Crippen molar-refractivity contribution in [3.8, 4) is 0 Å². The number of unbranched alkanes of at least 4 members (excludes halogenated alkanes) is 1. The van der Waals surface area contributed by atoms with Crippen molar-refractivity contribution in [2.45, 2.75) is 52.7 Å². The number of aromatic amines is 2. The molecule has 3 rings (SSSR count). The lowest BCUT2D eigenvalue weighted by Crippen LogP contribution is -2.34. The highest BCUT2D eigenvalue weighted by molar-refractivity contribution is 5.78. The van der Waals surface area contributed by atoms with Crippen LogP contribution in [-0.2, 0) is 30.8 Å². The number of nitrogens with zero attached hydrogens (tertiary/aromatic N) is 3. The van der Waals surface area contributed by atoms with Crippen LogP contribution in [-0.4, -0.2) is 43.6 Å². The monoisotopic (exact) mass is 374 g/mol. The van der Waals surface area contributed by atoms with Crippen LogP contribution in [0.1, 0.15) is 42.4 Å².